The zero-order valence-electron chi connectivity index (χ0n) is 12.4. The van der Waals surface area contributed by atoms with Crippen LogP contribution in [0.25, 0.3) is 0 Å². The summed E-state index contributed by atoms with van der Waals surface area (Å²) in [5.74, 6) is 1.22. The molecule has 0 saturated heterocycles. The van der Waals surface area contributed by atoms with Gasteiger partial charge in [-0.15, -0.1) is 5.10 Å². The first-order chi connectivity index (χ1) is 10.2. The molecule has 2 saturated carbocycles. The van der Waals surface area contributed by atoms with Crippen molar-refractivity contribution in [3.8, 4) is 0 Å². The lowest BCUT2D eigenvalue weighted by Crippen LogP contribution is -2.21. The largest absolute Gasteiger partial charge is 0.481 e. The molecule has 3 rings (SSSR count). The highest BCUT2D eigenvalue weighted by Crippen LogP contribution is 2.41. The second-order valence-electron chi connectivity index (χ2n) is 6.60. The average molecular weight is 292 g/mol. The summed E-state index contributed by atoms with van der Waals surface area (Å²) in [6.45, 7) is 0. The quantitative estimate of drug-likeness (QED) is 0.815. The van der Waals surface area contributed by atoms with Crippen LogP contribution in [0.1, 0.15) is 69.7 Å². The van der Waals surface area contributed by atoms with Gasteiger partial charge in [0, 0.05) is 6.42 Å². The van der Waals surface area contributed by atoms with Crippen LogP contribution in [-0.4, -0.2) is 31.3 Å². The van der Waals surface area contributed by atoms with E-state index in [-0.39, 0.29) is 12.5 Å². The van der Waals surface area contributed by atoms with Gasteiger partial charge in [-0.25, -0.2) is 4.68 Å². The summed E-state index contributed by atoms with van der Waals surface area (Å²) in [5.41, 5.74) is 0. The molecule has 1 unspecified atom stereocenters. The molecule has 0 aromatic carbocycles. The van der Waals surface area contributed by atoms with Crippen LogP contribution >= 0.6 is 0 Å². The van der Waals surface area contributed by atoms with Gasteiger partial charge in [0.1, 0.15) is 0 Å². The molecule has 6 nitrogen and oxygen atoms in total. The Bertz CT molecular complexity index is 476. The van der Waals surface area contributed by atoms with Gasteiger partial charge < -0.3 is 5.11 Å². The van der Waals surface area contributed by atoms with Gasteiger partial charge in [0.15, 0.2) is 5.82 Å². The van der Waals surface area contributed by atoms with Gasteiger partial charge in [0.25, 0.3) is 0 Å². The average Bonchev–Trinajstić information content (AvgIpc) is 3.22. The molecule has 1 heterocycles. The van der Waals surface area contributed by atoms with Crippen molar-refractivity contribution in [3.05, 3.63) is 5.82 Å². The maximum Gasteiger partial charge on any atom is 0.305 e. The van der Waals surface area contributed by atoms with Gasteiger partial charge in [-0.05, 0) is 35.1 Å². The third-order valence-corrected chi connectivity index (χ3v) is 4.87. The third-order valence-electron chi connectivity index (χ3n) is 4.87. The van der Waals surface area contributed by atoms with Crippen LogP contribution in [0, 0.1) is 11.8 Å². The molecule has 0 bridgehead atoms. The first kappa shape index (κ1) is 14.5. The van der Waals surface area contributed by atoms with Crippen molar-refractivity contribution < 1.29 is 9.90 Å². The molecule has 2 aliphatic carbocycles. The van der Waals surface area contributed by atoms with Crippen LogP contribution in [0.5, 0.6) is 0 Å². The fraction of sp³-hybridized carbons (Fsp3) is 0.867. The monoisotopic (exact) mass is 292 g/mol. The Morgan fingerprint density at radius 2 is 1.90 bits per heavy atom. The molecular weight excluding hydrogens is 268 g/mol. The zero-order chi connectivity index (χ0) is 14.7. The molecule has 2 fully saturated rings. The number of hydrogen-bond donors (Lipinski definition) is 1. The van der Waals surface area contributed by atoms with Crippen LogP contribution in [0.15, 0.2) is 0 Å². The SMILES string of the molecule is O=C(O)CC(C1CC1)n1nnnc1CC1CCCCCC1. The lowest BCUT2D eigenvalue weighted by Gasteiger charge is -2.18. The molecule has 1 aromatic rings. The van der Waals surface area contributed by atoms with Crippen LogP contribution in [0.3, 0.4) is 0 Å². The Morgan fingerprint density at radius 3 is 2.52 bits per heavy atom. The van der Waals surface area contributed by atoms with E-state index < -0.39 is 5.97 Å². The van der Waals surface area contributed by atoms with E-state index in [0.717, 1.165) is 25.1 Å². The van der Waals surface area contributed by atoms with E-state index >= 15 is 0 Å². The van der Waals surface area contributed by atoms with E-state index in [1.54, 1.807) is 0 Å². The lowest BCUT2D eigenvalue weighted by molar-refractivity contribution is -0.138. The van der Waals surface area contributed by atoms with E-state index in [1.807, 2.05) is 4.68 Å². The van der Waals surface area contributed by atoms with Crippen molar-refractivity contribution >= 4 is 5.97 Å². The van der Waals surface area contributed by atoms with Gasteiger partial charge >= 0.3 is 5.97 Å². The third kappa shape index (κ3) is 3.80. The molecule has 1 aromatic heterocycles. The maximum absolute atomic E-state index is 11.1. The lowest BCUT2D eigenvalue weighted by atomic mass is 9.96. The summed E-state index contributed by atoms with van der Waals surface area (Å²) >= 11 is 0. The molecule has 0 amide bonds. The van der Waals surface area contributed by atoms with Crippen LogP contribution < -0.4 is 0 Å². The van der Waals surface area contributed by atoms with Gasteiger partial charge in [-0.3, -0.25) is 4.79 Å². The smallest absolute Gasteiger partial charge is 0.305 e. The summed E-state index contributed by atoms with van der Waals surface area (Å²) in [5, 5.41) is 21.2. The van der Waals surface area contributed by atoms with E-state index in [4.69, 9.17) is 5.11 Å². The minimum atomic E-state index is -0.761. The first-order valence-electron chi connectivity index (χ1n) is 8.22. The highest BCUT2D eigenvalue weighted by atomic mass is 16.4. The van der Waals surface area contributed by atoms with Crippen molar-refractivity contribution in [3.63, 3.8) is 0 Å². The van der Waals surface area contributed by atoms with E-state index in [2.05, 4.69) is 15.5 Å². The topological polar surface area (TPSA) is 80.9 Å². The second kappa shape index (κ2) is 6.54. The van der Waals surface area contributed by atoms with Crippen LogP contribution in [0.4, 0.5) is 0 Å². The molecule has 2 aliphatic rings. The number of carboxylic acid groups (broad SMARTS) is 1. The Hall–Kier alpha value is -1.46. The fourth-order valence-corrected chi connectivity index (χ4v) is 3.54. The number of aromatic nitrogens is 4. The van der Waals surface area contributed by atoms with E-state index in [1.165, 1.54) is 38.5 Å². The van der Waals surface area contributed by atoms with Gasteiger partial charge in [-0.1, -0.05) is 38.5 Å². The second-order valence-corrected chi connectivity index (χ2v) is 6.60. The number of nitrogens with zero attached hydrogens (tertiary/aromatic N) is 4. The van der Waals surface area contributed by atoms with Gasteiger partial charge in [0.2, 0.25) is 0 Å². The van der Waals surface area contributed by atoms with E-state index in [9.17, 15) is 4.79 Å². The number of carbonyl (C=O) groups is 1. The molecule has 1 N–H and O–H groups in total. The molecule has 0 radical (unpaired) electrons. The van der Waals surface area contributed by atoms with E-state index in [0.29, 0.717) is 11.8 Å². The molecule has 6 heteroatoms. The Labute approximate surface area is 124 Å². The zero-order valence-corrected chi connectivity index (χ0v) is 12.4. The van der Waals surface area contributed by atoms with Crippen molar-refractivity contribution in [1.82, 2.24) is 20.2 Å². The number of carboxylic acids is 1. The number of aliphatic carboxylic acids is 1. The van der Waals surface area contributed by atoms with Crippen LogP contribution in [0.2, 0.25) is 0 Å². The maximum atomic E-state index is 11.1. The molecule has 116 valence electrons. The highest BCUT2D eigenvalue weighted by Gasteiger charge is 2.36. The number of tetrazole rings is 1. The summed E-state index contributed by atoms with van der Waals surface area (Å²) in [7, 11) is 0. The summed E-state index contributed by atoms with van der Waals surface area (Å²) < 4.78 is 1.82. The molecular formula is C15H24N4O2. The molecule has 1 atom stereocenters. The number of rotatable bonds is 6. The van der Waals surface area contributed by atoms with Crippen molar-refractivity contribution in [2.45, 2.75) is 70.3 Å². The number of hydrogen-bond acceptors (Lipinski definition) is 4. The van der Waals surface area contributed by atoms with Gasteiger partial charge in [-0.2, -0.15) is 0 Å². The minimum absolute atomic E-state index is 0.0571. The summed E-state index contributed by atoms with van der Waals surface area (Å²) in [6.07, 6.45) is 11.0. The molecule has 0 aliphatic heterocycles. The summed E-state index contributed by atoms with van der Waals surface area (Å²) in [6, 6.07) is -0.0571. The van der Waals surface area contributed by atoms with Crippen molar-refractivity contribution in [1.29, 1.82) is 0 Å². The predicted molar refractivity (Wildman–Crippen MR) is 76.7 cm³/mol. The Kier molecular flexibility index (Phi) is 4.51. The highest BCUT2D eigenvalue weighted by molar-refractivity contribution is 5.67. The predicted octanol–water partition coefficient (Wildman–Crippen LogP) is 2.61. The van der Waals surface area contributed by atoms with Gasteiger partial charge in [0.05, 0.1) is 12.5 Å². The summed E-state index contributed by atoms with van der Waals surface area (Å²) in [4.78, 5) is 11.1. The van der Waals surface area contributed by atoms with Crippen molar-refractivity contribution in [2.24, 2.45) is 11.8 Å². The van der Waals surface area contributed by atoms with Crippen LogP contribution in [-0.2, 0) is 11.2 Å². The Morgan fingerprint density at radius 1 is 1.19 bits per heavy atom. The Balaban J connectivity index is 1.71. The normalized spacial score (nSPS) is 21.9. The molecule has 0 spiro atoms. The standard InChI is InChI=1S/C15H24N4O2/c20-15(21)10-13(12-7-8-12)19-14(16-17-18-19)9-11-5-3-1-2-4-6-11/h11-13H,1-10H2,(H,20,21). The minimum Gasteiger partial charge on any atom is -0.481 e. The molecule has 21 heavy (non-hydrogen) atoms. The van der Waals surface area contributed by atoms with Crippen molar-refractivity contribution in [2.75, 3.05) is 0 Å². The first-order valence-corrected chi connectivity index (χ1v) is 8.22. The fourth-order valence-electron chi connectivity index (χ4n) is 3.54.